The van der Waals surface area contributed by atoms with Crippen LogP contribution in [0.15, 0.2) is 42.2 Å². The molecule has 1 spiro atoms. The standard InChI is InChI=1S/C21H25N5S/c1-16(17-3-4-19-18(13-17)24-15-27-19)25-10-5-21(6-11-25)7-12-26(14-21)20-22-8-2-9-23-20/h2-4,8-9,13,15-16H,5-7,10-12,14H2,1H3. The summed E-state index contributed by atoms with van der Waals surface area (Å²) >= 11 is 1.71. The number of hydrogen-bond acceptors (Lipinski definition) is 6. The fourth-order valence-corrected chi connectivity index (χ4v) is 5.36. The highest BCUT2D eigenvalue weighted by molar-refractivity contribution is 7.16. The van der Waals surface area contributed by atoms with E-state index in [-0.39, 0.29) is 0 Å². The van der Waals surface area contributed by atoms with E-state index in [0.717, 1.165) is 24.6 Å². The molecule has 2 fully saturated rings. The predicted molar refractivity (Wildman–Crippen MR) is 110 cm³/mol. The van der Waals surface area contributed by atoms with Crippen molar-refractivity contribution in [3.05, 3.63) is 47.7 Å². The molecule has 1 unspecified atom stereocenters. The van der Waals surface area contributed by atoms with Crippen molar-refractivity contribution in [3.63, 3.8) is 0 Å². The Hall–Kier alpha value is -2.05. The summed E-state index contributed by atoms with van der Waals surface area (Å²) < 4.78 is 1.28. The summed E-state index contributed by atoms with van der Waals surface area (Å²) in [6.07, 6.45) is 7.48. The predicted octanol–water partition coefficient (Wildman–Crippen LogP) is 4.14. The van der Waals surface area contributed by atoms with Gasteiger partial charge in [0.15, 0.2) is 0 Å². The average molecular weight is 380 g/mol. The minimum absolute atomic E-state index is 0.439. The fraction of sp³-hybridized carbons (Fsp3) is 0.476. The van der Waals surface area contributed by atoms with Crippen LogP contribution < -0.4 is 4.90 Å². The van der Waals surface area contributed by atoms with Crippen LogP contribution in [-0.4, -0.2) is 46.0 Å². The van der Waals surface area contributed by atoms with Crippen LogP contribution in [-0.2, 0) is 0 Å². The van der Waals surface area contributed by atoms with Crippen LogP contribution in [0.2, 0.25) is 0 Å². The van der Waals surface area contributed by atoms with Crippen LogP contribution >= 0.6 is 11.3 Å². The van der Waals surface area contributed by atoms with Crippen molar-refractivity contribution in [3.8, 4) is 0 Å². The molecule has 0 saturated carbocycles. The number of hydrogen-bond donors (Lipinski definition) is 0. The van der Waals surface area contributed by atoms with Crippen LogP contribution in [0, 0.1) is 5.41 Å². The SMILES string of the molecule is CC(c1ccc2scnc2c1)N1CCC2(CCN(c3ncccn3)C2)CC1. The Morgan fingerprint density at radius 3 is 2.63 bits per heavy atom. The number of thiazole rings is 1. The summed E-state index contributed by atoms with van der Waals surface area (Å²) in [5, 5.41) is 0. The normalized spacial score (nSPS) is 21.1. The molecule has 2 aliphatic rings. The Labute approximate surface area is 164 Å². The van der Waals surface area contributed by atoms with E-state index < -0.39 is 0 Å². The van der Waals surface area contributed by atoms with Crippen LogP contribution in [0.3, 0.4) is 0 Å². The minimum Gasteiger partial charge on any atom is -0.340 e. The van der Waals surface area contributed by atoms with Gasteiger partial charge in [-0.2, -0.15) is 0 Å². The molecule has 6 heteroatoms. The molecule has 0 amide bonds. The molecule has 27 heavy (non-hydrogen) atoms. The molecule has 1 aromatic carbocycles. The third kappa shape index (κ3) is 3.21. The third-order valence-corrected chi connectivity index (χ3v) is 7.33. The maximum absolute atomic E-state index is 4.48. The molecule has 5 rings (SSSR count). The van der Waals surface area contributed by atoms with Gasteiger partial charge in [-0.25, -0.2) is 15.0 Å². The maximum Gasteiger partial charge on any atom is 0.225 e. The van der Waals surface area contributed by atoms with Gasteiger partial charge in [0.05, 0.1) is 15.7 Å². The molecule has 0 radical (unpaired) electrons. The number of fused-ring (bicyclic) bond motifs is 1. The molecule has 3 aromatic rings. The van der Waals surface area contributed by atoms with Gasteiger partial charge >= 0.3 is 0 Å². The van der Waals surface area contributed by atoms with Crippen LogP contribution in [0.1, 0.15) is 37.8 Å². The zero-order chi connectivity index (χ0) is 18.3. The first-order chi connectivity index (χ1) is 13.2. The van der Waals surface area contributed by atoms with Crippen LogP contribution in [0.5, 0.6) is 0 Å². The van der Waals surface area contributed by atoms with E-state index in [1.54, 1.807) is 11.3 Å². The highest BCUT2D eigenvalue weighted by Crippen LogP contribution is 2.42. The zero-order valence-electron chi connectivity index (χ0n) is 15.7. The molecule has 0 aliphatic carbocycles. The Balaban J connectivity index is 1.25. The number of rotatable bonds is 3. The molecule has 1 atom stereocenters. The Morgan fingerprint density at radius 2 is 1.81 bits per heavy atom. The summed E-state index contributed by atoms with van der Waals surface area (Å²) in [7, 11) is 0. The van der Waals surface area contributed by atoms with Crippen molar-refractivity contribution in [1.82, 2.24) is 19.9 Å². The highest BCUT2D eigenvalue weighted by Gasteiger charge is 2.42. The van der Waals surface area contributed by atoms with Crippen molar-refractivity contribution in [2.75, 3.05) is 31.1 Å². The number of likely N-dealkylation sites (tertiary alicyclic amines) is 1. The smallest absolute Gasteiger partial charge is 0.225 e. The van der Waals surface area contributed by atoms with Gasteiger partial charge < -0.3 is 4.90 Å². The van der Waals surface area contributed by atoms with Crippen LogP contribution in [0.4, 0.5) is 5.95 Å². The first kappa shape index (κ1) is 17.1. The maximum atomic E-state index is 4.48. The van der Waals surface area contributed by atoms with Gasteiger partial charge in [-0.1, -0.05) is 6.07 Å². The molecule has 2 saturated heterocycles. The van der Waals surface area contributed by atoms with Crippen molar-refractivity contribution < 1.29 is 0 Å². The number of nitrogens with zero attached hydrogens (tertiary/aromatic N) is 5. The summed E-state index contributed by atoms with van der Waals surface area (Å²) in [4.78, 5) is 18.4. The molecule has 2 aromatic heterocycles. The molecule has 0 N–H and O–H groups in total. The van der Waals surface area contributed by atoms with Crippen molar-refractivity contribution in [1.29, 1.82) is 0 Å². The second-order valence-electron chi connectivity index (χ2n) is 8.01. The van der Waals surface area contributed by atoms with E-state index in [4.69, 9.17) is 0 Å². The topological polar surface area (TPSA) is 45.2 Å². The zero-order valence-corrected chi connectivity index (χ0v) is 16.5. The lowest BCUT2D eigenvalue weighted by atomic mass is 9.77. The van der Waals surface area contributed by atoms with Gasteiger partial charge in [0, 0.05) is 31.5 Å². The molecule has 0 bridgehead atoms. The van der Waals surface area contributed by atoms with E-state index in [1.807, 2.05) is 24.0 Å². The van der Waals surface area contributed by atoms with Gasteiger partial charge in [-0.3, -0.25) is 4.90 Å². The molecule has 2 aliphatic heterocycles. The van der Waals surface area contributed by atoms with Crippen molar-refractivity contribution in [2.24, 2.45) is 5.41 Å². The third-order valence-electron chi connectivity index (χ3n) is 6.52. The van der Waals surface area contributed by atoms with Gasteiger partial charge in [0.1, 0.15) is 0 Å². The molecule has 4 heterocycles. The quantitative estimate of drug-likeness (QED) is 0.684. The van der Waals surface area contributed by atoms with Gasteiger partial charge in [-0.05, 0) is 68.5 Å². The lowest BCUT2D eigenvalue weighted by molar-refractivity contribution is 0.0908. The molecule has 5 nitrogen and oxygen atoms in total. The van der Waals surface area contributed by atoms with E-state index in [0.29, 0.717) is 11.5 Å². The molecule has 140 valence electrons. The van der Waals surface area contributed by atoms with Crippen molar-refractivity contribution in [2.45, 2.75) is 32.2 Å². The second kappa shape index (κ2) is 6.84. The highest BCUT2D eigenvalue weighted by atomic mass is 32.1. The van der Waals surface area contributed by atoms with Gasteiger partial charge in [0.25, 0.3) is 0 Å². The van der Waals surface area contributed by atoms with E-state index >= 15 is 0 Å². The number of anilines is 1. The fourth-order valence-electron chi connectivity index (χ4n) is 4.70. The Morgan fingerprint density at radius 1 is 1.04 bits per heavy atom. The Kier molecular flexibility index (Phi) is 4.32. The second-order valence-corrected chi connectivity index (χ2v) is 8.90. The van der Waals surface area contributed by atoms with Gasteiger partial charge in [0.2, 0.25) is 5.95 Å². The Bertz CT molecular complexity index is 916. The molecular formula is C21H25N5S. The van der Waals surface area contributed by atoms with Gasteiger partial charge in [-0.15, -0.1) is 11.3 Å². The first-order valence-electron chi connectivity index (χ1n) is 9.82. The average Bonchev–Trinajstić information content (AvgIpc) is 3.35. The van der Waals surface area contributed by atoms with E-state index in [2.05, 4.69) is 49.9 Å². The summed E-state index contributed by atoms with van der Waals surface area (Å²) in [6, 6.07) is 9.10. The monoisotopic (exact) mass is 379 g/mol. The summed E-state index contributed by atoms with van der Waals surface area (Å²) in [6.45, 7) is 6.86. The summed E-state index contributed by atoms with van der Waals surface area (Å²) in [5.41, 5.74) is 4.89. The van der Waals surface area contributed by atoms with Crippen molar-refractivity contribution >= 4 is 27.5 Å². The minimum atomic E-state index is 0.439. The largest absolute Gasteiger partial charge is 0.340 e. The number of piperidine rings is 1. The van der Waals surface area contributed by atoms with E-state index in [9.17, 15) is 0 Å². The lowest BCUT2D eigenvalue weighted by Gasteiger charge is -2.42. The number of benzene rings is 1. The lowest BCUT2D eigenvalue weighted by Crippen LogP contribution is -2.42. The number of aromatic nitrogens is 3. The summed E-state index contributed by atoms with van der Waals surface area (Å²) in [5.74, 6) is 0.890. The van der Waals surface area contributed by atoms with E-state index in [1.165, 1.54) is 42.6 Å². The first-order valence-corrected chi connectivity index (χ1v) is 10.7. The molecular weight excluding hydrogens is 354 g/mol. The van der Waals surface area contributed by atoms with Crippen LogP contribution in [0.25, 0.3) is 10.2 Å².